The molecular weight excluding hydrogens is 408 g/mol. The molecule has 0 spiro atoms. The molecule has 0 aliphatic heterocycles. The molecule has 0 saturated carbocycles. The molecule has 7 nitrogen and oxygen atoms in total. The summed E-state index contributed by atoms with van der Waals surface area (Å²) >= 11 is 0. The minimum atomic E-state index is -1.09. The lowest BCUT2D eigenvalue weighted by Crippen LogP contribution is -2.53. The number of carboxylic acid groups (broad SMARTS) is 1. The number of alkyl carbamates (subject to hydrolysis) is 1. The fraction of sp³-hybridized carbons (Fsp3) is 0.400. The molecule has 0 saturated heterocycles. The zero-order chi connectivity index (χ0) is 23.3. The van der Waals surface area contributed by atoms with Crippen LogP contribution in [0.1, 0.15) is 50.7 Å². The Morgan fingerprint density at radius 1 is 0.938 bits per heavy atom. The van der Waals surface area contributed by atoms with E-state index in [1.807, 2.05) is 43.3 Å². The molecular formula is C25H30N2O5. The number of carboxylic acids is 1. The maximum Gasteiger partial charge on any atom is 0.407 e. The van der Waals surface area contributed by atoms with Crippen LogP contribution in [0.25, 0.3) is 11.1 Å². The highest BCUT2D eigenvalue weighted by Crippen LogP contribution is 2.44. The number of aliphatic carboxylic acids is 1. The first-order valence-corrected chi connectivity index (χ1v) is 11.0. The summed E-state index contributed by atoms with van der Waals surface area (Å²) in [6, 6.07) is 14.2. The summed E-state index contributed by atoms with van der Waals surface area (Å²) in [5, 5.41) is 14.5. The first-order valence-electron chi connectivity index (χ1n) is 11.0. The van der Waals surface area contributed by atoms with Gasteiger partial charge in [-0.1, -0.05) is 75.7 Å². The van der Waals surface area contributed by atoms with E-state index in [-0.39, 0.29) is 18.4 Å². The zero-order valence-corrected chi connectivity index (χ0v) is 18.6. The summed E-state index contributed by atoms with van der Waals surface area (Å²) in [4.78, 5) is 36.6. The van der Waals surface area contributed by atoms with Gasteiger partial charge in [-0.05, 0) is 34.6 Å². The van der Waals surface area contributed by atoms with E-state index in [0.717, 1.165) is 22.3 Å². The third-order valence-electron chi connectivity index (χ3n) is 6.14. The average molecular weight is 439 g/mol. The standard InChI is InChI=1S/C25H30N2O5/c1-4-15(3)22(24(29)30)27-23(28)21(5-2)26-25(31)32-14-20-18-12-8-6-10-16(18)17-11-7-9-13-19(17)20/h6-13,15,20-22H,4-5,14H2,1-3H3,(H,26,31)(H,27,28)(H,29,30)/t15?,21-,22?/m1/s1. The number of benzene rings is 2. The van der Waals surface area contributed by atoms with Crippen LogP contribution >= 0.6 is 0 Å². The van der Waals surface area contributed by atoms with Crippen LogP contribution in [0.2, 0.25) is 0 Å². The van der Waals surface area contributed by atoms with E-state index in [1.54, 1.807) is 13.8 Å². The van der Waals surface area contributed by atoms with Crippen LogP contribution in [0.4, 0.5) is 4.79 Å². The molecule has 2 amide bonds. The quantitative estimate of drug-likeness (QED) is 0.550. The minimum absolute atomic E-state index is 0.0798. The van der Waals surface area contributed by atoms with Crippen molar-refractivity contribution in [3.63, 3.8) is 0 Å². The van der Waals surface area contributed by atoms with E-state index in [0.29, 0.717) is 12.8 Å². The van der Waals surface area contributed by atoms with Crippen molar-refractivity contribution in [3.8, 4) is 11.1 Å². The number of rotatable bonds is 9. The second-order valence-electron chi connectivity index (χ2n) is 8.14. The molecule has 0 fully saturated rings. The fourth-order valence-electron chi connectivity index (χ4n) is 4.07. The Morgan fingerprint density at radius 3 is 2.00 bits per heavy atom. The van der Waals surface area contributed by atoms with Crippen LogP contribution in [0.5, 0.6) is 0 Å². The van der Waals surface area contributed by atoms with Gasteiger partial charge in [-0.25, -0.2) is 9.59 Å². The van der Waals surface area contributed by atoms with Crippen molar-refractivity contribution in [3.05, 3.63) is 59.7 Å². The van der Waals surface area contributed by atoms with E-state index in [4.69, 9.17) is 4.74 Å². The van der Waals surface area contributed by atoms with E-state index in [9.17, 15) is 19.5 Å². The average Bonchev–Trinajstić information content (AvgIpc) is 3.12. The number of ether oxygens (including phenoxy) is 1. The number of hydrogen-bond donors (Lipinski definition) is 3. The maximum absolute atomic E-state index is 12.6. The van der Waals surface area contributed by atoms with E-state index >= 15 is 0 Å². The number of amides is 2. The van der Waals surface area contributed by atoms with Crippen molar-refractivity contribution < 1.29 is 24.2 Å². The lowest BCUT2D eigenvalue weighted by atomic mass is 9.98. The Hall–Kier alpha value is -3.35. The first-order chi connectivity index (χ1) is 15.4. The van der Waals surface area contributed by atoms with Crippen LogP contribution in [0, 0.1) is 5.92 Å². The summed E-state index contributed by atoms with van der Waals surface area (Å²) in [7, 11) is 0. The van der Waals surface area contributed by atoms with Crippen molar-refractivity contribution in [1.82, 2.24) is 10.6 Å². The van der Waals surface area contributed by atoms with Gasteiger partial charge in [-0.2, -0.15) is 0 Å². The van der Waals surface area contributed by atoms with Crippen LogP contribution in [0.3, 0.4) is 0 Å². The molecule has 0 heterocycles. The summed E-state index contributed by atoms with van der Waals surface area (Å²) < 4.78 is 5.50. The highest BCUT2D eigenvalue weighted by molar-refractivity contribution is 5.89. The van der Waals surface area contributed by atoms with Gasteiger partial charge in [0, 0.05) is 5.92 Å². The van der Waals surface area contributed by atoms with Crippen LogP contribution < -0.4 is 10.6 Å². The summed E-state index contributed by atoms with van der Waals surface area (Å²) in [5.74, 6) is -1.94. The molecule has 3 N–H and O–H groups in total. The van der Waals surface area contributed by atoms with Crippen molar-refractivity contribution in [2.75, 3.05) is 6.61 Å². The van der Waals surface area contributed by atoms with Gasteiger partial charge in [0.2, 0.25) is 5.91 Å². The van der Waals surface area contributed by atoms with Crippen molar-refractivity contribution in [2.45, 2.75) is 51.6 Å². The summed E-state index contributed by atoms with van der Waals surface area (Å²) in [6.07, 6.45) is 0.209. The lowest BCUT2D eigenvalue weighted by Gasteiger charge is -2.24. The van der Waals surface area contributed by atoms with Gasteiger partial charge < -0.3 is 20.5 Å². The van der Waals surface area contributed by atoms with Gasteiger partial charge in [-0.15, -0.1) is 0 Å². The van der Waals surface area contributed by atoms with Crippen molar-refractivity contribution in [2.24, 2.45) is 5.92 Å². The zero-order valence-electron chi connectivity index (χ0n) is 18.6. The molecule has 2 aromatic rings. The molecule has 3 rings (SSSR count). The molecule has 32 heavy (non-hydrogen) atoms. The third kappa shape index (κ3) is 4.93. The van der Waals surface area contributed by atoms with Gasteiger partial charge >= 0.3 is 12.1 Å². The lowest BCUT2D eigenvalue weighted by molar-refractivity contribution is -0.143. The molecule has 0 radical (unpaired) electrons. The maximum atomic E-state index is 12.6. The van der Waals surface area contributed by atoms with E-state index in [1.165, 1.54) is 0 Å². The predicted octanol–water partition coefficient (Wildman–Crippen LogP) is 3.92. The minimum Gasteiger partial charge on any atom is -0.480 e. The normalized spacial score (nSPS) is 15.1. The molecule has 1 aliphatic carbocycles. The van der Waals surface area contributed by atoms with Crippen molar-refractivity contribution in [1.29, 1.82) is 0 Å². The van der Waals surface area contributed by atoms with Crippen LogP contribution in [0.15, 0.2) is 48.5 Å². The SMILES string of the molecule is CCC(C)C(NC(=O)[C@@H](CC)NC(=O)OCC1c2ccccc2-c2ccccc21)C(=O)O. The van der Waals surface area contributed by atoms with Crippen LogP contribution in [-0.4, -0.2) is 41.8 Å². The summed E-state index contributed by atoms with van der Waals surface area (Å²) in [6.45, 7) is 5.51. The van der Waals surface area contributed by atoms with E-state index in [2.05, 4.69) is 22.8 Å². The smallest absolute Gasteiger partial charge is 0.407 e. The molecule has 0 aromatic heterocycles. The number of carbonyl (C=O) groups is 3. The Balaban J connectivity index is 1.63. The van der Waals surface area contributed by atoms with Crippen LogP contribution in [-0.2, 0) is 14.3 Å². The van der Waals surface area contributed by atoms with Crippen molar-refractivity contribution >= 4 is 18.0 Å². The second kappa shape index (κ2) is 10.3. The summed E-state index contributed by atoms with van der Waals surface area (Å²) in [5.41, 5.74) is 4.47. The Labute approximate surface area is 188 Å². The number of fused-ring (bicyclic) bond motifs is 3. The molecule has 7 heteroatoms. The number of hydrogen-bond acceptors (Lipinski definition) is 4. The highest BCUT2D eigenvalue weighted by Gasteiger charge is 2.31. The largest absolute Gasteiger partial charge is 0.480 e. The monoisotopic (exact) mass is 438 g/mol. The predicted molar refractivity (Wildman–Crippen MR) is 121 cm³/mol. The van der Waals surface area contributed by atoms with Gasteiger partial charge in [0.1, 0.15) is 18.7 Å². The Kier molecular flexibility index (Phi) is 7.51. The third-order valence-corrected chi connectivity index (χ3v) is 6.14. The second-order valence-corrected chi connectivity index (χ2v) is 8.14. The first kappa shape index (κ1) is 23.3. The Bertz CT molecular complexity index is 944. The van der Waals surface area contributed by atoms with E-state index < -0.39 is 30.1 Å². The number of nitrogens with one attached hydrogen (secondary N) is 2. The van der Waals surface area contributed by atoms with Gasteiger partial charge in [0.05, 0.1) is 0 Å². The molecule has 3 atom stereocenters. The Morgan fingerprint density at radius 2 is 1.50 bits per heavy atom. The topological polar surface area (TPSA) is 105 Å². The van der Waals surface area contributed by atoms with Gasteiger partial charge in [0.25, 0.3) is 0 Å². The highest BCUT2D eigenvalue weighted by atomic mass is 16.5. The van der Waals surface area contributed by atoms with Gasteiger partial charge in [-0.3, -0.25) is 4.79 Å². The molecule has 1 aliphatic rings. The molecule has 2 unspecified atom stereocenters. The molecule has 2 aromatic carbocycles. The molecule has 170 valence electrons. The molecule has 0 bridgehead atoms. The fourth-order valence-corrected chi connectivity index (χ4v) is 4.07. The van der Waals surface area contributed by atoms with Gasteiger partial charge in [0.15, 0.2) is 0 Å². The number of carbonyl (C=O) groups excluding carboxylic acids is 2.